The van der Waals surface area contributed by atoms with E-state index in [-0.39, 0.29) is 16.7 Å². The lowest BCUT2D eigenvalue weighted by molar-refractivity contribution is -0.124. The average molecular weight is 318 g/mol. The predicted molar refractivity (Wildman–Crippen MR) is 91.8 cm³/mol. The van der Waals surface area contributed by atoms with Crippen molar-refractivity contribution >= 4 is 17.7 Å². The number of hydrogen-bond acceptors (Lipinski definition) is 3. The summed E-state index contributed by atoms with van der Waals surface area (Å²) in [5.74, 6) is 0.702. The molecule has 0 bridgehead atoms. The van der Waals surface area contributed by atoms with Crippen LogP contribution in [0.2, 0.25) is 0 Å². The molecule has 2 aliphatic carbocycles. The Morgan fingerprint density at radius 1 is 1.18 bits per heavy atom. The van der Waals surface area contributed by atoms with Gasteiger partial charge >= 0.3 is 0 Å². The molecule has 0 heterocycles. The summed E-state index contributed by atoms with van der Waals surface area (Å²) < 4.78 is -0.275. The van der Waals surface area contributed by atoms with E-state index in [2.05, 4.69) is 17.4 Å². The molecule has 0 spiro atoms. The summed E-state index contributed by atoms with van der Waals surface area (Å²) in [4.78, 5) is 14.2. The van der Waals surface area contributed by atoms with Gasteiger partial charge in [-0.1, -0.05) is 37.5 Å². The van der Waals surface area contributed by atoms with Crippen molar-refractivity contribution in [1.29, 1.82) is 0 Å². The minimum Gasteiger partial charge on any atom is -0.352 e. The Morgan fingerprint density at radius 3 is 2.59 bits per heavy atom. The number of hydrogen-bond donors (Lipinski definition) is 2. The lowest BCUT2D eigenvalue weighted by Gasteiger charge is -2.30. The van der Waals surface area contributed by atoms with E-state index in [1.54, 1.807) is 11.8 Å². The molecule has 2 aliphatic rings. The molecular formula is C18H26N2OS. The number of thioether (sulfide) groups is 1. The molecule has 2 saturated carbocycles. The summed E-state index contributed by atoms with van der Waals surface area (Å²) in [7, 11) is 0. The highest BCUT2D eigenvalue weighted by Crippen LogP contribution is 2.45. The lowest BCUT2D eigenvalue weighted by atomic mass is 10.0. The van der Waals surface area contributed by atoms with E-state index in [0.29, 0.717) is 12.5 Å². The fourth-order valence-corrected chi connectivity index (χ4v) is 5.23. The van der Waals surface area contributed by atoms with Gasteiger partial charge in [-0.15, -0.1) is 11.8 Å². The highest BCUT2D eigenvalue weighted by molar-refractivity contribution is 8.01. The lowest BCUT2D eigenvalue weighted by Crippen LogP contribution is -2.49. The molecule has 3 N–H and O–H groups in total. The van der Waals surface area contributed by atoms with Gasteiger partial charge in [0.1, 0.15) is 0 Å². The molecule has 2 atom stereocenters. The number of carbonyl (C=O) groups excluding carboxylic acids is 1. The molecule has 1 aromatic carbocycles. The first-order valence-corrected chi connectivity index (χ1v) is 9.30. The van der Waals surface area contributed by atoms with Gasteiger partial charge in [-0.05, 0) is 50.3 Å². The summed E-state index contributed by atoms with van der Waals surface area (Å²) in [5.41, 5.74) is 5.85. The molecule has 22 heavy (non-hydrogen) atoms. The van der Waals surface area contributed by atoms with Crippen molar-refractivity contribution in [2.24, 2.45) is 11.7 Å². The van der Waals surface area contributed by atoms with Crippen molar-refractivity contribution in [1.82, 2.24) is 5.32 Å². The minimum atomic E-state index is -0.275. The van der Waals surface area contributed by atoms with Crippen molar-refractivity contribution in [3.05, 3.63) is 30.3 Å². The maximum atomic E-state index is 13.0. The van der Waals surface area contributed by atoms with E-state index < -0.39 is 0 Å². The molecule has 0 radical (unpaired) electrons. The second-order valence-electron chi connectivity index (χ2n) is 6.62. The number of amides is 1. The maximum absolute atomic E-state index is 13.0. The summed E-state index contributed by atoms with van der Waals surface area (Å²) in [6, 6.07) is 10.6. The minimum absolute atomic E-state index is 0.240. The first-order chi connectivity index (χ1) is 10.7. The standard InChI is InChI=1S/C18H26N2OS/c19-13-14-7-6-10-16(14)20-17(21)18(11-4-5-12-18)22-15-8-2-1-3-9-15/h1-3,8-9,14,16H,4-7,10-13,19H2,(H,20,21). The van der Waals surface area contributed by atoms with Crippen LogP contribution in [0.15, 0.2) is 35.2 Å². The van der Waals surface area contributed by atoms with Crippen LogP contribution in [0.5, 0.6) is 0 Å². The van der Waals surface area contributed by atoms with Crippen LogP contribution in [0.3, 0.4) is 0 Å². The third-order valence-electron chi connectivity index (χ3n) is 5.16. The van der Waals surface area contributed by atoms with Crippen LogP contribution in [0, 0.1) is 5.92 Å². The smallest absolute Gasteiger partial charge is 0.236 e. The zero-order valence-corrected chi connectivity index (χ0v) is 13.9. The summed E-state index contributed by atoms with van der Waals surface area (Å²) >= 11 is 1.76. The van der Waals surface area contributed by atoms with Gasteiger partial charge in [-0.3, -0.25) is 4.79 Å². The molecule has 1 amide bonds. The first kappa shape index (κ1) is 15.9. The molecule has 1 aromatic rings. The fourth-order valence-electron chi connectivity index (χ4n) is 3.84. The average Bonchev–Trinajstić information content (AvgIpc) is 3.18. The molecule has 0 saturated heterocycles. The Bertz CT molecular complexity index is 499. The van der Waals surface area contributed by atoms with Crippen molar-refractivity contribution in [3.63, 3.8) is 0 Å². The molecule has 2 unspecified atom stereocenters. The van der Waals surface area contributed by atoms with Gasteiger partial charge in [0.2, 0.25) is 5.91 Å². The van der Waals surface area contributed by atoms with Crippen LogP contribution in [0.4, 0.5) is 0 Å². The van der Waals surface area contributed by atoms with Crippen LogP contribution in [-0.4, -0.2) is 23.2 Å². The Kier molecular flexibility index (Phi) is 5.09. The number of nitrogens with two attached hydrogens (primary N) is 1. The maximum Gasteiger partial charge on any atom is 0.236 e. The zero-order chi connectivity index (χ0) is 15.4. The van der Waals surface area contributed by atoms with Crippen LogP contribution in [-0.2, 0) is 4.79 Å². The summed E-state index contributed by atoms with van der Waals surface area (Å²) in [6.07, 6.45) is 7.69. The molecule has 3 rings (SSSR count). The van der Waals surface area contributed by atoms with Gasteiger partial charge < -0.3 is 11.1 Å². The van der Waals surface area contributed by atoms with Crippen molar-refractivity contribution in [3.8, 4) is 0 Å². The highest BCUT2D eigenvalue weighted by Gasteiger charge is 2.43. The molecule has 2 fully saturated rings. The van der Waals surface area contributed by atoms with Crippen LogP contribution >= 0.6 is 11.8 Å². The van der Waals surface area contributed by atoms with Gasteiger partial charge in [-0.2, -0.15) is 0 Å². The van der Waals surface area contributed by atoms with E-state index in [9.17, 15) is 4.79 Å². The van der Waals surface area contributed by atoms with E-state index in [4.69, 9.17) is 5.73 Å². The third kappa shape index (κ3) is 3.33. The van der Waals surface area contributed by atoms with Crippen LogP contribution in [0.25, 0.3) is 0 Å². The molecular weight excluding hydrogens is 292 g/mol. The molecule has 0 aliphatic heterocycles. The number of nitrogens with one attached hydrogen (secondary N) is 1. The topological polar surface area (TPSA) is 55.1 Å². The number of benzene rings is 1. The number of rotatable bonds is 5. The summed E-state index contributed by atoms with van der Waals surface area (Å²) in [5, 5.41) is 3.34. The van der Waals surface area contributed by atoms with Crippen molar-refractivity contribution in [2.75, 3.05) is 6.54 Å². The molecule has 120 valence electrons. The van der Waals surface area contributed by atoms with Gasteiger partial charge in [0.15, 0.2) is 0 Å². The highest BCUT2D eigenvalue weighted by atomic mass is 32.2. The quantitative estimate of drug-likeness (QED) is 0.875. The second kappa shape index (κ2) is 7.05. The normalized spacial score (nSPS) is 27.0. The van der Waals surface area contributed by atoms with E-state index in [1.807, 2.05) is 18.2 Å². The van der Waals surface area contributed by atoms with E-state index >= 15 is 0 Å². The summed E-state index contributed by atoms with van der Waals surface area (Å²) in [6.45, 7) is 0.684. The third-order valence-corrected chi connectivity index (χ3v) is 6.65. The molecule has 3 nitrogen and oxygen atoms in total. The molecule has 0 aromatic heterocycles. The van der Waals surface area contributed by atoms with Crippen molar-refractivity contribution < 1.29 is 4.79 Å². The first-order valence-electron chi connectivity index (χ1n) is 8.49. The largest absolute Gasteiger partial charge is 0.352 e. The van der Waals surface area contributed by atoms with E-state index in [1.165, 1.54) is 11.3 Å². The molecule has 4 heteroatoms. The Labute approximate surface area is 137 Å². The van der Waals surface area contributed by atoms with Gasteiger partial charge in [0.25, 0.3) is 0 Å². The Balaban J connectivity index is 1.71. The van der Waals surface area contributed by atoms with Crippen molar-refractivity contribution in [2.45, 2.75) is 60.6 Å². The SMILES string of the molecule is NCC1CCCC1NC(=O)C1(Sc2ccccc2)CCCC1. The Morgan fingerprint density at radius 2 is 1.91 bits per heavy atom. The van der Waals surface area contributed by atoms with Gasteiger partial charge in [0, 0.05) is 10.9 Å². The van der Waals surface area contributed by atoms with E-state index in [0.717, 1.165) is 38.5 Å². The second-order valence-corrected chi connectivity index (χ2v) is 8.08. The fraction of sp³-hybridized carbons (Fsp3) is 0.611. The predicted octanol–water partition coefficient (Wildman–Crippen LogP) is 3.34. The van der Waals surface area contributed by atoms with Crippen LogP contribution in [0.1, 0.15) is 44.9 Å². The monoisotopic (exact) mass is 318 g/mol. The van der Waals surface area contributed by atoms with Gasteiger partial charge in [0.05, 0.1) is 4.75 Å². The Hall–Kier alpha value is -1.00. The number of carbonyl (C=O) groups is 1. The zero-order valence-electron chi connectivity index (χ0n) is 13.1. The van der Waals surface area contributed by atoms with Crippen LogP contribution < -0.4 is 11.1 Å². The van der Waals surface area contributed by atoms with Gasteiger partial charge in [-0.25, -0.2) is 0 Å².